The van der Waals surface area contributed by atoms with Gasteiger partial charge in [-0.3, -0.25) is 0 Å². The number of aliphatic hydroxyl groups excluding tert-OH is 1. The summed E-state index contributed by atoms with van der Waals surface area (Å²) >= 11 is 6.05. The predicted molar refractivity (Wildman–Crippen MR) is 127 cm³/mol. The summed E-state index contributed by atoms with van der Waals surface area (Å²) in [6, 6.07) is 19.1. The lowest BCUT2D eigenvalue weighted by molar-refractivity contribution is 0.0964. The molecule has 1 unspecified atom stereocenters. The molecule has 8 heteroatoms. The van der Waals surface area contributed by atoms with Gasteiger partial charge in [0, 0.05) is 35.4 Å². The molecule has 0 bridgehead atoms. The maximum atomic E-state index is 10.6. The van der Waals surface area contributed by atoms with Gasteiger partial charge in [-0.05, 0) is 61.8 Å². The van der Waals surface area contributed by atoms with Gasteiger partial charge in [-0.1, -0.05) is 41.9 Å². The van der Waals surface area contributed by atoms with Crippen LogP contribution < -0.4 is 0 Å². The molecule has 1 N–H and O–H groups in total. The van der Waals surface area contributed by atoms with Gasteiger partial charge >= 0.3 is 0 Å². The number of hydrogen-bond acceptors (Lipinski definition) is 6. The third kappa shape index (κ3) is 4.95. The second-order valence-electron chi connectivity index (χ2n) is 8.26. The molecule has 3 heterocycles. The highest BCUT2D eigenvalue weighted by atomic mass is 35.5. The number of hydrogen-bond donors (Lipinski definition) is 1. The number of nitrogens with zero attached hydrogens (tertiary/aromatic N) is 6. The van der Waals surface area contributed by atoms with Crippen LogP contribution in [0.1, 0.15) is 36.3 Å². The number of aromatic nitrogens is 5. The summed E-state index contributed by atoms with van der Waals surface area (Å²) in [5, 5.41) is 16.0. The number of aliphatic hydroxyl groups is 1. The molecule has 1 atom stereocenters. The van der Waals surface area contributed by atoms with Gasteiger partial charge in [0.25, 0.3) is 5.95 Å². The summed E-state index contributed by atoms with van der Waals surface area (Å²) < 4.78 is 1.77. The Morgan fingerprint density at radius 2 is 1.64 bits per heavy atom. The quantitative estimate of drug-likeness (QED) is 0.462. The topological polar surface area (TPSA) is 80.0 Å². The van der Waals surface area contributed by atoms with Gasteiger partial charge in [-0.25, -0.2) is 15.0 Å². The second kappa shape index (κ2) is 9.79. The lowest BCUT2D eigenvalue weighted by Crippen LogP contribution is -2.36. The van der Waals surface area contributed by atoms with E-state index in [0.717, 1.165) is 42.9 Å². The van der Waals surface area contributed by atoms with Crippen molar-refractivity contribution in [3.63, 3.8) is 0 Å². The average molecular weight is 461 g/mol. The van der Waals surface area contributed by atoms with Crippen LogP contribution in [0.15, 0.2) is 73.1 Å². The van der Waals surface area contributed by atoms with Crippen molar-refractivity contribution in [3.05, 3.63) is 89.5 Å². The van der Waals surface area contributed by atoms with Crippen LogP contribution >= 0.6 is 11.6 Å². The van der Waals surface area contributed by atoms with E-state index in [4.69, 9.17) is 21.7 Å². The van der Waals surface area contributed by atoms with Crippen LogP contribution in [0.3, 0.4) is 0 Å². The van der Waals surface area contributed by atoms with Crippen LogP contribution in [-0.2, 0) is 0 Å². The molecule has 1 aliphatic rings. The molecule has 33 heavy (non-hydrogen) atoms. The van der Waals surface area contributed by atoms with E-state index in [0.29, 0.717) is 23.3 Å². The van der Waals surface area contributed by atoms with Crippen LogP contribution in [0.5, 0.6) is 0 Å². The van der Waals surface area contributed by atoms with E-state index in [1.54, 1.807) is 23.1 Å². The van der Waals surface area contributed by atoms with Gasteiger partial charge in [-0.2, -0.15) is 4.68 Å². The van der Waals surface area contributed by atoms with E-state index < -0.39 is 6.10 Å². The van der Waals surface area contributed by atoms with E-state index in [1.165, 1.54) is 0 Å². The fourth-order valence-electron chi connectivity index (χ4n) is 4.26. The molecular formula is C25H25ClN6O. The number of rotatable bonds is 6. The Labute approximate surface area is 197 Å². The Hall–Kier alpha value is -3.13. The first kappa shape index (κ1) is 21.7. The van der Waals surface area contributed by atoms with Crippen molar-refractivity contribution < 1.29 is 5.11 Å². The Bertz CT molecular complexity index is 1170. The average Bonchev–Trinajstić information content (AvgIpc) is 3.31. The lowest BCUT2D eigenvalue weighted by atomic mass is 9.95. The zero-order valence-electron chi connectivity index (χ0n) is 18.1. The van der Waals surface area contributed by atoms with Crippen LogP contribution in [0.2, 0.25) is 5.02 Å². The van der Waals surface area contributed by atoms with Crippen LogP contribution in [0.4, 0.5) is 0 Å². The largest absolute Gasteiger partial charge is 0.387 e. The Morgan fingerprint density at radius 1 is 0.939 bits per heavy atom. The van der Waals surface area contributed by atoms with Crippen molar-refractivity contribution in [3.8, 4) is 17.3 Å². The molecule has 0 radical (unpaired) electrons. The molecule has 4 aromatic rings. The van der Waals surface area contributed by atoms with Gasteiger partial charge < -0.3 is 10.0 Å². The summed E-state index contributed by atoms with van der Waals surface area (Å²) in [6.07, 6.45) is 4.79. The van der Waals surface area contributed by atoms with Gasteiger partial charge in [0.1, 0.15) is 5.82 Å². The molecule has 2 aromatic heterocycles. The van der Waals surface area contributed by atoms with E-state index >= 15 is 0 Å². The number of piperidine rings is 1. The molecule has 0 saturated carbocycles. The standard InChI is InChI=1S/C25H25ClN6O/c26-21-9-7-19(8-10-21)23-29-24(32(30-23)25-27-13-4-14-28-25)20-11-15-31(16-12-20)17-22(33)18-5-2-1-3-6-18/h1-10,13-14,20,22,33H,11-12,15-17H2. The number of benzene rings is 2. The predicted octanol–water partition coefficient (Wildman–Crippen LogP) is 4.29. The lowest BCUT2D eigenvalue weighted by Gasteiger charge is -2.32. The zero-order valence-corrected chi connectivity index (χ0v) is 18.9. The first-order chi connectivity index (χ1) is 16.2. The third-order valence-electron chi connectivity index (χ3n) is 6.04. The molecule has 7 nitrogen and oxygen atoms in total. The van der Waals surface area contributed by atoms with Crippen molar-refractivity contribution >= 4 is 11.6 Å². The molecule has 5 rings (SSSR count). The molecule has 1 saturated heterocycles. The maximum Gasteiger partial charge on any atom is 0.252 e. The number of halogens is 1. The van der Waals surface area contributed by atoms with Crippen LogP contribution in [0.25, 0.3) is 17.3 Å². The van der Waals surface area contributed by atoms with Crippen LogP contribution in [0, 0.1) is 0 Å². The molecule has 0 amide bonds. The Morgan fingerprint density at radius 3 is 2.33 bits per heavy atom. The highest BCUT2D eigenvalue weighted by Gasteiger charge is 2.28. The third-order valence-corrected chi connectivity index (χ3v) is 6.30. The maximum absolute atomic E-state index is 10.6. The van der Waals surface area contributed by atoms with Crippen molar-refractivity contribution in [2.45, 2.75) is 24.9 Å². The number of likely N-dealkylation sites (tertiary alicyclic amines) is 1. The van der Waals surface area contributed by atoms with Gasteiger partial charge in [-0.15, -0.1) is 5.10 Å². The molecular weight excluding hydrogens is 436 g/mol. The molecule has 2 aromatic carbocycles. The fourth-order valence-corrected chi connectivity index (χ4v) is 4.38. The molecule has 1 aliphatic heterocycles. The van der Waals surface area contributed by atoms with E-state index in [1.807, 2.05) is 54.6 Å². The van der Waals surface area contributed by atoms with E-state index in [9.17, 15) is 5.11 Å². The second-order valence-corrected chi connectivity index (χ2v) is 8.70. The minimum atomic E-state index is -0.486. The monoisotopic (exact) mass is 460 g/mol. The van der Waals surface area contributed by atoms with Gasteiger partial charge in [0.05, 0.1) is 6.10 Å². The van der Waals surface area contributed by atoms with E-state index in [-0.39, 0.29) is 5.92 Å². The van der Waals surface area contributed by atoms with Crippen molar-refractivity contribution in [2.75, 3.05) is 19.6 Å². The summed E-state index contributed by atoms with van der Waals surface area (Å²) in [4.78, 5) is 16.0. The minimum absolute atomic E-state index is 0.229. The summed E-state index contributed by atoms with van der Waals surface area (Å²) in [6.45, 7) is 2.39. The van der Waals surface area contributed by atoms with Gasteiger partial charge in [0.2, 0.25) is 0 Å². The molecule has 0 aliphatic carbocycles. The Kier molecular flexibility index (Phi) is 6.44. The van der Waals surface area contributed by atoms with Crippen molar-refractivity contribution in [1.29, 1.82) is 0 Å². The minimum Gasteiger partial charge on any atom is -0.387 e. The SMILES string of the molecule is OC(CN1CCC(c2nc(-c3ccc(Cl)cc3)nn2-c2ncccn2)CC1)c1ccccc1. The van der Waals surface area contributed by atoms with Crippen molar-refractivity contribution in [1.82, 2.24) is 29.6 Å². The zero-order chi connectivity index (χ0) is 22.6. The Balaban J connectivity index is 1.35. The fraction of sp³-hybridized carbons (Fsp3) is 0.280. The van der Waals surface area contributed by atoms with Gasteiger partial charge in [0.15, 0.2) is 5.82 Å². The van der Waals surface area contributed by atoms with Crippen LogP contribution in [-0.4, -0.2) is 54.4 Å². The first-order valence-corrected chi connectivity index (χ1v) is 11.5. The summed E-state index contributed by atoms with van der Waals surface area (Å²) in [7, 11) is 0. The highest BCUT2D eigenvalue weighted by molar-refractivity contribution is 6.30. The molecule has 1 fully saturated rings. The summed E-state index contributed by atoms with van der Waals surface area (Å²) in [5.41, 5.74) is 1.85. The number of β-amino-alcohol motifs (C(OH)–C–C–N with tert-alkyl or cyclic N) is 1. The van der Waals surface area contributed by atoms with E-state index in [2.05, 4.69) is 14.9 Å². The molecule has 168 valence electrons. The summed E-state index contributed by atoms with van der Waals surface area (Å²) in [5.74, 6) is 2.25. The normalized spacial score (nSPS) is 16.1. The van der Waals surface area contributed by atoms with Crippen molar-refractivity contribution in [2.24, 2.45) is 0 Å². The first-order valence-electron chi connectivity index (χ1n) is 11.1. The molecule has 0 spiro atoms. The smallest absolute Gasteiger partial charge is 0.252 e. The highest BCUT2D eigenvalue weighted by Crippen LogP contribution is 2.31.